The number of hydrogen-bond acceptors (Lipinski definition) is 8. The van der Waals surface area contributed by atoms with Gasteiger partial charge in [0.1, 0.15) is 17.3 Å². The Morgan fingerprint density at radius 3 is 2.80 bits per heavy atom. The van der Waals surface area contributed by atoms with Gasteiger partial charge in [-0.05, 0) is 58.8 Å². The topological polar surface area (TPSA) is 115 Å². The van der Waals surface area contributed by atoms with Gasteiger partial charge in [0.25, 0.3) is 10.0 Å². The number of halogens is 1. The molecule has 0 bridgehead atoms. The third-order valence-corrected chi connectivity index (χ3v) is 8.10. The Balaban J connectivity index is 1.42. The van der Waals surface area contributed by atoms with Crippen molar-refractivity contribution in [1.29, 1.82) is 0 Å². The first kappa shape index (κ1) is 23.7. The number of allylic oxidation sites excluding steroid dienone is 2. The minimum Gasteiger partial charge on any atom is -0.473 e. The number of rotatable bonds is 6. The van der Waals surface area contributed by atoms with Crippen molar-refractivity contribution in [3.63, 3.8) is 0 Å². The molecule has 2 aliphatic heterocycles. The lowest BCUT2D eigenvalue weighted by Crippen LogP contribution is -2.30. The van der Waals surface area contributed by atoms with Gasteiger partial charge >= 0.3 is 0 Å². The van der Waals surface area contributed by atoms with Crippen molar-refractivity contribution in [2.24, 2.45) is 0 Å². The van der Waals surface area contributed by atoms with Crippen LogP contribution in [0.3, 0.4) is 0 Å². The number of sulfonamides is 1. The Labute approximate surface area is 211 Å². The molecule has 0 amide bonds. The van der Waals surface area contributed by atoms with Crippen molar-refractivity contribution < 1.29 is 17.9 Å². The van der Waals surface area contributed by atoms with Crippen LogP contribution in [0.4, 0.5) is 0 Å². The standard InChI is InChI=1S/C24H24BrN5O4S/c1-15-2-5-22(19(25)10-15)35(31,32)30-17-11-16(12-26-13-17)20-3-4-21-23(29-20)24(28-14-27-21)34-18-6-8-33-9-7-18/h2-5,10-12,14,18,26,30H,6-9,13H2,1H3. The van der Waals surface area contributed by atoms with Crippen LogP contribution in [0.15, 0.2) is 64.0 Å². The summed E-state index contributed by atoms with van der Waals surface area (Å²) in [6, 6.07) is 8.81. The number of pyridine rings is 1. The highest BCUT2D eigenvalue weighted by molar-refractivity contribution is 9.10. The van der Waals surface area contributed by atoms with Crippen LogP contribution in [0, 0.1) is 6.92 Å². The highest BCUT2D eigenvalue weighted by atomic mass is 79.9. The van der Waals surface area contributed by atoms with E-state index in [1.807, 2.05) is 19.1 Å². The van der Waals surface area contributed by atoms with Crippen LogP contribution in [-0.4, -0.2) is 49.2 Å². The molecule has 2 N–H and O–H groups in total. The molecule has 1 saturated heterocycles. The zero-order valence-corrected chi connectivity index (χ0v) is 21.4. The highest BCUT2D eigenvalue weighted by Crippen LogP contribution is 2.27. The van der Waals surface area contributed by atoms with Gasteiger partial charge in [-0.1, -0.05) is 6.07 Å². The fourth-order valence-corrected chi connectivity index (χ4v) is 6.21. The smallest absolute Gasteiger partial charge is 0.262 e. The normalized spacial score (nSPS) is 16.9. The molecule has 0 radical (unpaired) electrons. The fourth-order valence-electron chi connectivity index (χ4n) is 3.93. The Bertz CT molecular complexity index is 1440. The van der Waals surface area contributed by atoms with Crippen molar-refractivity contribution in [1.82, 2.24) is 25.0 Å². The van der Waals surface area contributed by atoms with Crippen molar-refractivity contribution in [2.75, 3.05) is 19.8 Å². The molecule has 1 fully saturated rings. The molecular weight excluding hydrogens is 534 g/mol. The van der Waals surface area contributed by atoms with E-state index in [2.05, 4.69) is 35.9 Å². The van der Waals surface area contributed by atoms with Crippen LogP contribution in [0.5, 0.6) is 5.88 Å². The molecule has 2 aliphatic rings. The van der Waals surface area contributed by atoms with E-state index in [0.29, 0.717) is 52.5 Å². The van der Waals surface area contributed by atoms with Crippen LogP contribution in [0.1, 0.15) is 24.1 Å². The van der Waals surface area contributed by atoms with Gasteiger partial charge in [0.05, 0.1) is 31.0 Å². The van der Waals surface area contributed by atoms with Gasteiger partial charge in [-0.3, -0.25) is 4.72 Å². The molecule has 2 aromatic heterocycles. The number of aryl methyl sites for hydroxylation is 1. The van der Waals surface area contributed by atoms with Crippen molar-refractivity contribution in [3.8, 4) is 5.88 Å². The third-order valence-electron chi connectivity index (χ3n) is 5.71. The van der Waals surface area contributed by atoms with Crippen molar-refractivity contribution in [2.45, 2.75) is 30.8 Å². The quantitative estimate of drug-likeness (QED) is 0.473. The molecule has 0 aliphatic carbocycles. The summed E-state index contributed by atoms with van der Waals surface area (Å²) in [7, 11) is -3.77. The zero-order chi connectivity index (χ0) is 24.4. The lowest BCUT2D eigenvalue weighted by molar-refractivity contribution is 0.0243. The van der Waals surface area contributed by atoms with E-state index < -0.39 is 10.0 Å². The predicted octanol–water partition coefficient (Wildman–Crippen LogP) is 3.46. The molecule has 0 saturated carbocycles. The first-order chi connectivity index (χ1) is 16.9. The maximum Gasteiger partial charge on any atom is 0.262 e. The second-order valence-electron chi connectivity index (χ2n) is 8.36. The van der Waals surface area contributed by atoms with Crippen molar-refractivity contribution >= 4 is 42.6 Å². The molecule has 5 rings (SSSR count). The lowest BCUT2D eigenvalue weighted by atomic mass is 10.1. The molecule has 0 unspecified atom stereocenters. The van der Waals surface area contributed by atoms with E-state index in [0.717, 1.165) is 24.0 Å². The number of nitrogens with one attached hydrogen (secondary N) is 2. The number of aromatic nitrogens is 3. The number of fused-ring (bicyclic) bond motifs is 1. The van der Waals surface area contributed by atoms with Gasteiger partial charge < -0.3 is 14.8 Å². The molecule has 4 heterocycles. The number of ether oxygens (including phenoxy) is 2. The van der Waals surface area contributed by atoms with Gasteiger partial charge in [0.2, 0.25) is 5.88 Å². The van der Waals surface area contributed by atoms with Gasteiger partial charge in [-0.25, -0.2) is 18.4 Å². The molecule has 1 aromatic carbocycles. The maximum atomic E-state index is 13.0. The Morgan fingerprint density at radius 2 is 2.00 bits per heavy atom. The SMILES string of the molecule is Cc1ccc(S(=O)(=O)NC2=CC(c3ccc4ncnc(OC5CCOCC5)c4n3)=CNC2)c(Br)c1. The molecule has 3 aromatic rings. The van der Waals surface area contributed by atoms with Gasteiger partial charge in [0, 0.05) is 34.8 Å². The number of dihydropyridines is 1. The first-order valence-electron chi connectivity index (χ1n) is 11.2. The van der Waals surface area contributed by atoms with E-state index in [1.54, 1.807) is 30.5 Å². The van der Waals surface area contributed by atoms with Crippen LogP contribution in [0.25, 0.3) is 16.6 Å². The van der Waals surface area contributed by atoms with Crippen molar-refractivity contribution in [3.05, 3.63) is 70.4 Å². The van der Waals surface area contributed by atoms with Crippen LogP contribution >= 0.6 is 15.9 Å². The van der Waals surface area contributed by atoms with Crippen LogP contribution < -0.4 is 14.8 Å². The summed E-state index contributed by atoms with van der Waals surface area (Å²) in [4.78, 5) is 13.6. The van der Waals surface area contributed by atoms with Crippen LogP contribution in [-0.2, 0) is 14.8 Å². The second-order valence-corrected chi connectivity index (χ2v) is 10.9. The number of benzene rings is 1. The first-order valence-corrected chi connectivity index (χ1v) is 13.5. The Hall–Kier alpha value is -3.02. The minimum atomic E-state index is -3.77. The molecule has 11 heteroatoms. The summed E-state index contributed by atoms with van der Waals surface area (Å²) in [5.74, 6) is 0.433. The van der Waals surface area contributed by atoms with Gasteiger partial charge in [-0.2, -0.15) is 4.98 Å². The Kier molecular flexibility index (Phi) is 6.72. The summed E-state index contributed by atoms with van der Waals surface area (Å²) < 4.78 is 40.7. The molecule has 9 nitrogen and oxygen atoms in total. The van der Waals surface area contributed by atoms with Gasteiger partial charge in [-0.15, -0.1) is 0 Å². The summed E-state index contributed by atoms with van der Waals surface area (Å²) in [6.45, 7) is 3.56. The van der Waals surface area contributed by atoms with E-state index in [4.69, 9.17) is 14.5 Å². The highest BCUT2D eigenvalue weighted by Gasteiger charge is 2.21. The lowest BCUT2D eigenvalue weighted by Gasteiger charge is -2.23. The summed E-state index contributed by atoms with van der Waals surface area (Å²) in [5.41, 5.74) is 4.06. The van der Waals surface area contributed by atoms with E-state index in [1.165, 1.54) is 6.33 Å². The summed E-state index contributed by atoms with van der Waals surface area (Å²) >= 11 is 3.36. The molecular formula is C24H24BrN5O4S. The largest absolute Gasteiger partial charge is 0.473 e. The van der Waals surface area contributed by atoms with E-state index in [-0.39, 0.29) is 11.0 Å². The monoisotopic (exact) mass is 557 g/mol. The number of nitrogens with zero attached hydrogens (tertiary/aromatic N) is 3. The Morgan fingerprint density at radius 1 is 1.17 bits per heavy atom. The predicted molar refractivity (Wildman–Crippen MR) is 135 cm³/mol. The number of hydrogen-bond donors (Lipinski definition) is 2. The average Bonchev–Trinajstić information content (AvgIpc) is 2.84. The zero-order valence-electron chi connectivity index (χ0n) is 19.0. The molecule has 182 valence electrons. The minimum absolute atomic E-state index is 0.0184. The molecule has 35 heavy (non-hydrogen) atoms. The molecule has 0 atom stereocenters. The van der Waals surface area contributed by atoms with Crippen LogP contribution in [0.2, 0.25) is 0 Å². The summed E-state index contributed by atoms with van der Waals surface area (Å²) in [5, 5.41) is 3.12. The van der Waals surface area contributed by atoms with E-state index in [9.17, 15) is 8.42 Å². The second kappa shape index (κ2) is 9.92. The fraction of sp³-hybridized carbons (Fsp3) is 0.292. The molecule has 0 spiro atoms. The van der Waals surface area contributed by atoms with Gasteiger partial charge in [0.15, 0.2) is 5.52 Å². The average molecular weight is 558 g/mol. The maximum absolute atomic E-state index is 13.0. The third kappa shape index (κ3) is 5.31. The summed E-state index contributed by atoms with van der Waals surface area (Å²) in [6.07, 6.45) is 6.65. The van der Waals surface area contributed by atoms with E-state index >= 15 is 0 Å².